The van der Waals surface area contributed by atoms with Gasteiger partial charge in [-0.2, -0.15) is 0 Å². The predicted octanol–water partition coefficient (Wildman–Crippen LogP) is 2.52. The highest BCUT2D eigenvalue weighted by molar-refractivity contribution is 5.81. The van der Waals surface area contributed by atoms with Crippen molar-refractivity contribution in [1.29, 1.82) is 0 Å². The third kappa shape index (κ3) is 4.07. The molecule has 0 fully saturated rings. The second kappa shape index (κ2) is 7.26. The highest BCUT2D eigenvalue weighted by Gasteiger charge is 2.15. The Morgan fingerprint density at radius 1 is 1.05 bits per heavy atom. The van der Waals surface area contributed by atoms with Crippen molar-refractivity contribution in [3.63, 3.8) is 0 Å². The number of nitrogens with two attached hydrogens (primary N) is 1. The van der Waals surface area contributed by atoms with Crippen LogP contribution in [0.5, 0.6) is 0 Å². The summed E-state index contributed by atoms with van der Waals surface area (Å²) in [6, 6.07) is 19.0. The zero-order chi connectivity index (χ0) is 14.2. The van der Waals surface area contributed by atoms with Gasteiger partial charge in [-0.3, -0.25) is 10.1 Å². The van der Waals surface area contributed by atoms with Gasteiger partial charge >= 0.3 is 0 Å². The fourth-order valence-electron chi connectivity index (χ4n) is 1.97. The molecule has 0 saturated heterocycles. The summed E-state index contributed by atoms with van der Waals surface area (Å²) in [5.74, 6) is -0.371. The Balaban J connectivity index is 1.94. The first-order valence-electron chi connectivity index (χ1n) is 6.56. The lowest BCUT2D eigenvalue weighted by Crippen LogP contribution is -2.33. The Morgan fingerprint density at radius 2 is 1.65 bits per heavy atom. The molecular formula is C17H18N2O. The lowest BCUT2D eigenvalue weighted by molar-refractivity contribution is -0.120. The van der Waals surface area contributed by atoms with Crippen LogP contribution in [0.4, 0.5) is 0 Å². The molecule has 2 rings (SSSR count). The van der Waals surface area contributed by atoms with Crippen LogP contribution >= 0.6 is 0 Å². The van der Waals surface area contributed by atoms with E-state index >= 15 is 0 Å². The topological polar surface area (TPSA) is 55.1 Å². The first-order chi connectivity index (χ1) is 9.77. The highest BCUT2D eigenvalue weighted by Crippen LogP contribution is 2.11. The van der Waals surface area contributed by atoms with E-state index in [0.717, 1.165) is 11.1 Å². The molecule has 0 saturated carbocycles. The Morgan fingerprint density at radius 3 is 2.25 bits per heavy atom. The fraction of sp³-hybridized carbons (Fsp3) is 0.118. The van der Waals surface area contributed by atoms with Crippen molar-refractivity contribution in [3.8, 4) is 0 Å². The number of hydrogen-bond donors (Lipinski definition) is 2. The maximum atomic E-state index is 11.5. The van der Waals surface area contributed by atoms with Crippen LogP contribution < -0.4 is 11.1 Å². The minimum absolute atomic E-state index is 0.371. The number of amides is 1. The van der Waals surface area contributed by atoms with Crippen LogP contribution in [-0.4, -0.2) is 12.5 Å². The normalized spacial score (nSPS) is 12.4. The molecule has 0 spiro atoms. The van der Waals surface area contributed by atoms with E-state index < -0.39 is 6.04 Å². The molecule has 0 bridgehead atoms. The van der Waals surface area contributed by atoms with E-state index in [2.05, 4.69) is 5.32 Å². The number of carbonyl (C=O) groups is 1. The number of nitrogens with one attached hydrogen (secondary N) is 1. The molecule has 0 radical (unpaired) electrons. The smallest absolute Gasteiger partial charge is 0.239 e. The first-order valence-corrected chi connectivity index (χ1v) is 6.56. The average Bonchev–Trinajstić information content (AvgIpc) is 2.49. The van der Waals surface area contributed by atoms with Crippen LogP contribution in [0.25, 0.3) is 6.08 Å². The van der Waals surface area contributed by atoms with Crippen LogP contribution in [0.2, 0.25) is 0 Å². The monoisotopic (exact) mass is 266 g/mol. The minimum Gasteiger partial charge on any atom is -0.368 e. The summed E-state index contributed by atoms with van der Waals surface area (Å²) in [6.45, 7) is 0.581. The van der Waals surface area contributed by atoms with Gasteiger partial charge < -0.3 is 5.73 Å². The summed E-state index contributed by atoms with van der Waals surface area (Å²) >= 11 is 0. The average molecular weight is 266 g/mol. The van der Waals surface area contributed by atoms with E-state index in [1.807, 2.05) is 72.8 Å². The minimum atomic E-state index is -0.461. The zero-order valence-corrected chi connectivity index (χ0v) is 11.2. The molecule has 0 aliphatic carbocycles. The first kappa shape index (κ1) is 14.0. The molecule has 3 N–H and O–H groups in total. The molecule has 0 heterocycles. The van der Waals surface area contributed by atoms with Crippen molar-refractivity contribution in [3.05, 3.63) is 77.9 Å². The number of rotatable bonds is 6. The molecule has 20 heavy (non-hydrogen) atoms. The maximum Gasteiger partial charge on any atom is 0.239 e. The highest BCUT2D eigenvalue weighted by atomic mass is 16.1. The van der Waals surface area contributed by atoms with Gasteiger partial charge in [0.2, 0.25) is 5.91 Å². The van der Waals surface area contributed by atoms with Gasteiger partial charge in [0.1, 0.15) is 6.04 Å². The van der Waals surface area contributed by atoms with Gasteiger partial charge in [-0.25, -0.2) is 0 Å². The third-order valence-electron chi connectivity index (χ3n) is 2.97. The van der Waals surface area contributed by atoms with Crippen LogP contribution in [0.15, 0.2) is 66.7 Å². The summed E-state index contributed by atoms with van der Waals surface area (Å²) in [5.41, 5.74) is 7.45. The van der Waals surface area contributed by atoms with E-state index in [4.69, 9.17) is 5.73 Å². The van der Waals surface area contributed by atoms with Crippen molar-refractivity contribution in [2.45, 2.75) is 6.04 Å². The van der Waals surface area contributed by atoms with E-state index in [1.54, 1.807) is 0 Å². The lowest BCUT2D eigenvalue weighted by atomic mass is 10.1. The predicted molar refractivity (Wildman–Crippen MR) is 81.9 cm³/mol. The van der Waals surface area contributed by atoms with Crippen molar-refractivity contribution in [2.24, 2.45) is 5.73 Å². The standard InChI is InChI=1S/C17H18N2O/c18-17(20)16(15-11-5-2-6-12-15)19-13-7-10-14-8-3-1-4-9-14/h1-12,16,19H,13H2,(H2,18,20)/b10-7-/t16-/m1/s1. The van der Waals surface area contributed by atoms with Gasteiger partial charge in [0.05, 0.1) is 0 Å². The molecule has 0 aromatic heterocycles. The third-order valence-corrected chi connectivity index (χ3v) is 2.97. The molecule has 0 aliphatic heterocycles. The molecule has 3 heteroatoms. The fourth-order valence-corrected chi connectivity index (χ4v) is 1.97. The summed E-state index contributed by atoms with van der Waals surface area (Å²) in [4.78, 5) is 11.5. The number of carbonyl (C=O) groups excluding carboxylic acids is 1. The Hall–Kier alpha value is -2.39. The van der Waals surface area contributed by atoms with Crippen molar-refractivity contribution in [2.75, 3.05) is 6.54 Å². The maximum absolute atomic E-state index is 11.5. The Kier molecular flexibility index (Phi) is 5.09. The van der Waals surface area contributed by atoms with Gasteiger partial charge in [0.15, 0.2) is 0 Å². The summed E-state index contributed by atoms with van der Waals surface area (Å²) in [6.07, 6.45) is 3.99. The summed E-state index contributed by atoms with van der Waals surface area (Å²) in [7, 11) is 0. The molecule has 3 nitrogen and oxygen atoms in total. The van der Waals surface area contributed by atoms with Crippen LogP contribution in [0.3, 0.4) is 0 Å². The van der Waals surface area contributed by atoms with Gasteiger partial charge in [-0.15, -0.1) is 0 Å². The van der Waals surface area contributed by atoms with Gasteiger partial charge in [-0.1, -0.05) is 72.8 Å². The molecule has 0 aliphatic rings. The lowest BCUT2D eigenvalue weighted by Gasteiger charge is -2.14. The summed E-state index contributed by atoms with van der Waals surface area (Å²) in [5, 5.41) is 3.14. The largest absolute Gasteiger partial charge is 0.368 e. The van der Waals surface area contributed by atoms with E-state index in [1.165, 1.54) is 0 Å². The van der Waals surface area contributed by atoms with Gasteiger partial charge in [0, 0.05) is 6.54 Å². The molecule has 1 amide bonds. The quantitative estimate of drug-likeness (QED) is 0.844. The molecular weight excluding hydrogens is 248 g/mol. The second-order valence-electron chi connectivity index (χ2n) is 4.47. The van der Waals surface area contributed by atoms with Crippen molar-refractivity contribution in [1.82, 2.24) is 5.32 Å². The molecule has 102 valence electrons. The van der Waals surface area contributed by atoms with Crippen LogP contribution in [-0.2, 0) is 4.79 Å². The molecule has 0 unspecified atom stereocenters. The van der Waals surface area contributed by atoms with E-state index in [9.17, 15) is 4.79 Å². The molecule has 2 aromatic carbocycles. The SMILES string of the molecule is NC(=O)[C@H](NC/C=C\c1ccccc1)c1ccccc1. The Labute approximate surface area is 119 Å². The molecule has 1 atom stereocenters. The van der Waals surface area contributed by atoms with Crippen molar-refractivity contribution >= 4 is 12.0 Å². The number of primary amides is 1. The van der Waals surface area contributed by atoms with E-state index in [-0.39, 0.29) is 5.91 Å². The Bertz CT molecular complexity index is 564. The number of benzene rings is 2. The summed E-state index contributed by atoms with van der Waals surface area (Å²) < 4.78 is 0. The van der Waals surface area contributed by atoms with E-state index in [0.29, 0.717) is 6.54 Å². The zero-order valence-electron chi connectivity index (χ0n) is 11.2. The van der Waals surface area contributed by atoms with Crippen molar-refractivity contribution < 1.29 is 4.79 Å². The number of hydrogen-bond acceptors (Lipinski definition) is 2. The van der Waals surface area contributed by atoms with Crippen LogP contribution in [0.1, 0.15) is 17.2 Å². The van der Waals surface area contributed by atoms with Crippen LogP contribution in [0, 0.1) is 0 Å². The van der Waals surface area contributed by atoms with Gasteiger partial charge in [0.25, 0.3) is 0 Å². The molecule has 2 aromatic rings. The van der Waals surface area contributed by atoms with Gasteiger partial charge in [-0.05, 0) is 11.1 Å². The second-order valence-corrected chi connectivity index (χ2v) is 4.47.